The molecule has 0 radical (unpaired) electrons. The molecule has 148 valence electrons. The monoisotopic (exact) mass is 493 g/mol. The highest BCUT2D eigenvalue weighted by molar-refractivity contribution is 9.10. The number of anilines is 1. The molecule has 2 rings (SSSR count). The topological polar surface area (TPSA) is 47.6 Å². The summed E-state index contributed by atoms with van der Waals surface area (Å²) in [6.45, 7) is 4.60. The lowest BCUT2D eigenvalue weighted by molar-refractivity contribution is 0.199. The molecule has 0 heterocycles. The summed E-state index contributed by atoms with van der Waals surface area (Å²) in [5, 5.41) is 4.23. The second-order valence-corrected chi connectivity index (χ2v) is 9.86. The lowest BCUT2D eigenvalue weighted by Gasteiger charge is -2.29. The lowest BCUT2D eigenvalue weighted by Crippen LogP contribution is -2.16. The van der Waals surface area contributed by atoms with Crippen molar-refractivity contribution in [3.63, 3.8) is 0 Å². The highest BCUT2D eigenvalue weighted by atomic mass is 79.9. The van der Waals surface area contributed by atoms with Crippen LogP contribution in [0.3, 0.4) is 0 Å². The van der Waals surface area contributed by atoms with Crippen molar-refractivity contribution in [1.82, 2.24) is 0 Å². The van der Waals surface area contributed by atoms with E-state index in [1.54, 1.807) is 18.2 Å². The van der Waals surface area contributed by atoms with Gasteiger partial charge in [0, 0.05) is 20.2 Å². The maximum Gasteiger partial charge on any atom is 0.357 e. The fourth-order valence-electron chi connectivity index (χ4n) is 2.41. The molecule has 4 nitrogen and oxygen atoms in total. The van der Waals surface area contributed by atoms with Gasteiger partial charge in [-0.15, -0.1) is 0 Å². The molecule has 0 fully saturated rings. The Kier molecular flexibility index (Phi) is 9.13. The smallest absolute Gasteiger partial charge is 0.357 e. The van der Waals surface area contributed by atoms with Crippen LogP contribution < -0.4 is 5.32 Å². The van der Waals surface area contributed by atoms with Crippen LogP contribution in [0.2, 0.25) is 10.0 Å². The predicted octanol–water partition coefficient (Wildman–Crippen LogP) is 7.91. The van der Waals surface area contributed by atoms with Crippen molar-refractivity contribution in [2.75, 3.05) is 18.5 Å². The van der Waals surface area contributed by atoms with Gasteiger partial charge in [-0.25, -0.2) is 0 Å². The molecule has 0 saturated carbocycles. The fraction of sp³-hybridized carbons (Fsp3) is 0.368. The third kappa shape index (κ3) is 6.77. The van der Waals surface area contributed by atoms with Crippen LogP contribution in [-0.2, 0) is 13.6 Å². The van der Waals surface area contributed by atoms with Crippen LogP contribution in [0, 0.1) is 0 Å². The second kappa shape index (κ2) is 10.8. The Balaban J connectivity index is 2.45. The minimum absolute atomic E-state index is 0.339. The molecule has 2 aromatic rings. The van der Waals surface area contributed by atoms with Crippen LogP contribution in [0.5, 0.6) is 0 Å². The number of nitrogens with one attached hydrogen (secondary N) is 1. The number of rotatable bonds is 10. The summed E-state index contributed by atoms with van der Waals surface area (Å²) in [6, 6.07) is 12.6. The van der Waals surface area contributed by atoms with Crippen molar-refractivity contribution < 1.29 is 13.6 Å². The van der Waals surface area contributed by atoms with Crippen molar-refractivity contribution in [1.29, 1.82) is 0 Å². The van der Waals surface area contributed by atoms with Crippen molar-refractivity contribution in [3.8, 4) is 0 Å². The van der Waals surface area contributed by atoms with Gasteiger partial charge in [0.05, 0.1) is 13.2 Å². The average molecular weight is 495 g/mol. The van der Waals surface area contributed by atoms with E-state index in [-0.39, 0.29) is 0 Å². The van der Waals surface area contributed by atoms with Gasteiger partial charge in [0.15, 0.2) is 5.78 Å². The third-order valence-electron chi connectivity index (χ3n) is 3.62. The first kappa shape index (κ1) is 22.7. The lowest BCUT2D eigenvalue weighted by atomic mass is 10.2. The zero-order chi connectivity index (χ0) is 19.9. The van der Waals surface area contributed by atoms with Gasteiger partial charge < -0.3 is 14.4 Å². The minimum atomic E-state index is -3.51. The van der Waals surface area contributed by atoms with Gasteiger partial charge in [0.25, 0.3) is 0 Å². The van der Waals surface area contributed by atoms with E-state index in [2.05, 4.69) is 21.2 Å². The predicted molar refractivity (Wildman–Crippen MR) is 117 cm³/mol. The largest absolute Gasteiger partial charge is 0.368 e. The van der Waals surface area contributed by atoms with Crippen molar-refractivity contribution >= 4 is 52.4 Å². The van der Waals surface area contributed by atoms with Gasteiger partial charge in [-0.05, 0) is 48.7 Å². The summed E-state index contributed by atoms with van der Waals surface area (Å²) >= 11 is 15.7. The van der Waals surface area contributed by atoms with E-state index in [0.717, 1.165) is 22.9 Å². The Morgan fingerprint density at radius 2 is 1.52 bits per heavy atom. The van der Waals surface area contributed by atoms with Crippen molar-refractivity contribution in [2.24, 2.45) is 0 Å². The zero-order valence-corrected chi connectivity index (χ0v) is 19.2. The van der Waals surface area contributed by atoms with Crippen molar-refractivity contribution in [3.05, 3.63) is 62.5 Å². The minimum Gasteiger partial charge on any atom is -0.368 e. The highest BCUT2D eigenvalue weighted by Crippen LogP contribution is 2.61. The summed E-state index contributed by atoms with van der Waals surface area (Å²) in [6.07, 6.45) is 1.46. The summed E-state index contributed by atoms with van der Waals surface area (Å²) in [5.74, 6) is -0.696. The van der Waals surface area contributed by atoms with Gasteiger partial charge in [-0.2, -0.15) is 0 Å². The molecular weight excluding hydrogens is 472 g/mol. The summed E-state index contributed by atoms with van der Waals surface area (Å²) in [4.78, 5) is 0. The van der Waals surface area contributed by atoms with E-state index < -0.39 is 13.4 Å². The molecule has 1 unspecified atom stereocenters. The molecule has 1 atom stereocenters. The Morgan fingerprint density at radius 3 is 2.00 bits per heavy atom. The van der Waals surface area contributed by atoms with E-state index in [0.29, 0.717) is 28.9 Å². The van der Waals surface area contributed by atoms with Crippen LogP contribution in [0.1, 0.15) is 38.0 Å². The first-order valence-corrected chi connectivity index (χ1v) is 11.9. The average Bonchev–Trinajstić information content (AvgIpc) is 2.63. The molecule has 27 heavy (non-hydrogen) atoms. The van der Waals surface area contributed by atoms with Crippen LogP contribution in [0.15, 0.2) is 46.9 Å². The second-order valence-electron chi connectivity index (χ2n) is 5.96. The number of hydrogen-bond acceptors (Lipinski definition) is 4. The molecule has 0 saturated heterocycles. The van der Waals surface area contributed by atoms with Crippen molar-refractivity contribution in [2.45, 2.75) is 32.5 Å². The van der Waals surface area contributed by atoms with Crippen LogP contribution in [0.4, 0.5) is 5.69 Å². The van der Waals surface area contributed by atoms with E-state index in [1.165, 1.54) is 0 Å². The van der Waals surface area contributed by atoms with Gasteiger partial charge in [-0.3, -0.25) is 4.57 Å². The SMILES string of the molecule is CCCOP(=O)(OCCC)C(Nc1cc(Cl)cc(Cl)c1)c1ccc(Br)cc1. The molecule has 0 amide bonds. The third-order valence-corrected chi connectivity index (χ3v) is 6.73. The van der Waals surface area contributed by atoms with Crippen LogP contribution in [-0.4, -0.2) is 13.2 Å². The highest BCUT2D eigenvalue weighted by Gasteiger charge is 2.37. The zero-order valence-electron chi connectivity index (χ0n) is 15.3. The maximum absolute atomic E-state index is 13.7. The normalized spacial score (nSPS) is 12.8. The molecule has 0 aliphatic heterocycles. The van der Waals surface area contributed by atoms with Gasteiger partial charge in [0.2, 0.25) is 0 Å². The van der Waals surface area contributed by atoms with E-state index in [1.807, 2.05) is 38.1 Å². The molecule has 0 bridgehead atoms. The standard InChI is InChI=1S/C19H23BrCl2NO3P/c1-3-9-25-27(24,26-10-4-2)19(14-5-7-15(20)8-6-14)23-18-12-16(21)11-17(22)13-18/h5-8,11-13,19,23H,3-4,9-10H2,1-2H3. The molecule has 0 aliphatic rings. The number of hydrogen-bond donors (Lipinski definition) is 1. The molecular formula is C19H23BrCl2NO3P. The van der Waals surface area contributed by atoms with Gasteiger partial charge in [0.1, 0.15) is 0 Å². The molecule has 0 aromatic heterocycles. The van der Waals surface area contributed by atoms with Gasteiger partial charge in [-0.1, -0.05) is 65.1 Å². The summed E-state index contributed by atoms with van der Waals surface area (Å²) in [5.41, 5.74) is 1.42. The summed E-state index contributed by atoms with van der Waals surface area (Å²) in [7, 11) is -3.51. The molecule has 8 heteroatoms. The Labute approximate surface area is 179 Å². The number of benzene rings is 2. The van der Waals surface area contributed by atoms with Crippen LogP contribution in [0.25, 0.3) is 0 Å². The Hall–Kier alpha value is -0.550. The summed E-state index contributed by atoms with van der Waals surface area (Å²) < 4.78 is 26.1. The van der Waals surface area contributed by atoms with E-state index in [9.17, 15) is 4.57 Å². The van der Waals surface area contributed by atoms with E-state index in [4.69, 9.17) is 32.2 Å². The fourth-order valence-corrected chi connectivity index (χ4v) is 5.29. The molecule has 1 N–H and O–H groups in total. The molecule has 0 spiro atoms. The Bertz CT molecular complexity index is 757. The molecule has 2 aromatic carbocycles. The Morgan fingerprint density at radius 1 is 1.00 bits per heavy atom. The quantitative estimate of drug-likeness (QED) is 0.341. The first-order chi connectivity index (χ1) is 12.9. The van der Waals surface area contributed by atoms with Gasteiger partial charge >= 0.3 is 7.60 Å². The molecule has 0 aliphatic carbocycles. The number of halogens is 3. The van der Waals surface area contributed by atoms with E-state index >= 15 is 0 Å². The first-order valence-electron chi connectivity index (χ1n) is 8.75. The van der Waals surface area contributed by atoms with Crippen LogP contribution >= 0.6 is 46.7 Å². The maximum atomic E-state index is 13.7.